The Morgan fingerprint density at radius 3 is 2.48 bits per heavy atom. The van der Waals surface area contributed by atoms with Crippen LogP contribution in [-0.2, 0) is 7.05 Å². The number of likely N-dealkylation sites (N-methyl/N-ethyl adjacent to an activating group) is 1. The first kappa shape index (κ1) is 22.3. The number of carbonyl (C=O) groups is 1. The van der Waals surface area contributed by atoms with Gasteiger partial charge in [-0.2, -0.15) is 5.10 Å². The Balaban J connectivity index is 0.00000300. The van der Waals surface area contributed by atoms with Crippen LogP contribution >= 0.6 is 12.4 Å². The van der Waals surface area contributed by atoms with E-state index in [2.05, 4.69) is 37.1 Å². The van der Waals surface area contributed by atoms with Crippen molar-refractivity contribution in [2.45, 2.75) is 13.8 Å². The van der Waals surface area contributed by atoms with Crippen molar-refractivity contribution in [1.82, 2.24) is 30.4 Å². The van der Waals surface area contributed by atoms with Gasteiger partial charge in [0.2, 0.25) is 5.95 Å². The van der Waals surface area contributed by atoms with E-state index in [0.717, 1.165) is 16.8 Å². The van der Waals surface area contributed by atoms with Gasteiger partial charge < -0.3 is 16.0 Å². The molecular weight excluding hydrogens is 390 g/mol. The molecule has 3 N–H and O–H groups in total. The molecular formula is C20H26ClN7O. The largest absolute Gasteiger partial charge is 0.349 e. The lowest BCUT2D eigenvalue weighted by atomic mass is 10.1. The Morgan fingerprint density at radius 2 is 1.79 bits per heavy atom. The van der Waals surface area contributed by atoms with Crippen molar-refractivity contribution >= 4 is 29.9 Å². The number of amides is 1. The van der Waals surface area contributed by atoms with E-state index < -0.39 is 0 Å². The zero-order valence-corrected chi connectivity index (χ0v) is 17.8. The highest BCUT2D eigenvalue weighted by molar-refractivity contribution is 5.93. The molecule has 3 rings (SSSR count). The summed E-state index contributed by atoms with van der Waals surface area (Å²) >= 11 is 0. The minimum absolute atomic E-state index is 0. The molecule has 29 heavy (non-hydrogen) atoms. The maximum atomic E-state index is 12.3. The first-order chi connectivity index (χ1) is 13.5. The van der Waals surface area contributed by atoms with Crippen LogP contribution in [0.15, 0.2) is 36.5 Å². The highest BCUT2D eigenvalue weighted by atomic mass is 35.5. The maximum Gasteiger partial charge on any atom is 0.269 e. The molecule has 1 aromatic carbocycles. The summed E-state index contributed by atoms with van der Waals surface area (Å²) in [6.07, 6.45) is 1.68. The molecule has 1 amide bonds. The van der Waals surface area contributed by atoms with Gasteiger partial charge in [-0.1, -0.05) is 6.07 Å². The molecule has 0 aliphatic heterocycles. The highest BCUT2D eigenvalue weighted by Crippen LogP contribution is 2.21. The van der Waals surface area contributed by atoms with E-state index in [4.69, 9.17) is 0 Å². The van der Waals surface area contributed by atoms with Crippen LogP contribution in [0.25, 0.3) is 11.4 Å². The molecule has 0 saturated heterocycles. The summed E-state index contributed by atoms with van der Waals surface area (Å²) in [5.74, 6) is 0.312. The fourth-order valence-corrected chi connectivity index (χ4v) is 2.93. The van der Waals surface area contributed by atoms with Crippen LogP contribution in [0.5, 0.6) is 0 Å². The average molecular weight is 416 g/mol. The number of halogens is 1. The van der Waals surface area contributed by atoms with Gasteiger partial charge in [0.05, 0.1) is 5.69 Å². The molecule has 8 nitrogen and oxygen atoms in total. The Hall–Kier alpha value is -2.97. The smallest absolute Gasteiger partial charge is 0.269 e. The average Bonchev–Trinajstić information content (AvgIpc) is 3.03. The van der Waals surface area contributed by atoms with Gasteiger partial charge in [-0.3, -0.25) is 9.48 Å². The molecule has 0 unspecified atom stereocenters. The number of hydrogen-bond acceptors (Lipinski definition) is 6. The molecule has 154 valence electrons. The minimum atomic E-state index is -0.167. The summed E-state index contributed by atoms with van der Waals surface area (Å²) in [7, 11) is 3.58. The van der Waals surface area contributed by atoms with Crippen LogP contribution in [0.4, 0.5) is 11.6 Å². The maximum absolute atomic E-state index is 12.3. The van der Waals surface area contributed by atoms with E-state index in [1.165, 1.54) is 0 Å². The van der Waals surface area contributed by atoms with Gasteiger partial charge in [0, 0.05) is 32.0 Å². The van der Waals surface area contributed by atoms with Gasteiger partial charge in [-0.05, 0) is 56.3 Å². The topological polar surface area (TPSA) is 96.8 Å². The summed E-state index contributed by atoms with van der Waals surface area (Å²) in [4.78, 5) is 21.1. The van der Waals surface area contributed by atoms with Crippen molar-refractivity contribution in [3.8, 4) is 11.4 Å². The summed E-state index contributed by atoms with van der Waals surface area (Å²) in [5, 5.41) is 13.5. The van der Waals surface area contributed by atoms with Crippen molar-refractivity contribution in [3.05, 3.63) is 53.3 Å². The number of aryl methyl sites for hydroxylation is 3. The van der Waals surface area contributed by atoms with Gasteiger partial charge in [0.1, 0.15) is 11.4 Å². The predicted octanol–water partition coefficient (Wildman–Crippen LogP) is 2.61. The lowest BCUT2D eigenvalue weighted by Crippen LogP contribution is -2.31. The Kier molecular flexibility index (Phi) is 7.69. The molecule has 0 saturated carbocycles. The number of nitrogens with one attached hydrogen (secondary N) is 3. The van der Waals surface area contributed by atoms with Gasteiger partial charge in [0.15, 0.2) is 0 Å². The van der Waals surface area contributed by atoms with E-state index in [9.17, 15) is 4.79 Å². The molecule has 2 aromatic heterocycles. The van der Waals surface area contributed by atoms with Crippen molar-refractivity contribution in [2.24, 2.45) is 7.05 Å². The van der Waals surface area contributed by atoms with Crippen molar-refractivity contribution in [2.75, 3.05) is 25.5 Å². The summed E-state index contributed by atoms with van der Waals surface area (Å²) < 4.78 is 1.56. The quantitative estimate of drug-likeness (QED) is 0.513. The Morgan fingerprint density at radius 1 is 1.07 bits per heavy atom. The lowest BCUT2D eigenvalue weighted by Gasteiger charge is -2.07. The molecule has 0 radical (unpaired) electrons. The first-order valence-electron chi connectivity index (χ1n) is 9.12. The molecule has 0 aliphatic rings. The summed E-state index contributed by atoms with van der Waals surface area (Å²) in [6, 6.07) is 9.70. The molecule has 3 aromatic rings. The summed E-state index contributed by atoms with van der Waals surface area (Å²) in [6.45, 7) is 5.35. The second-order valence-electron chi connectivity index (χ2n) is 6.66. The van der Waals surface area contributed by atoms with Crippen molar-refractivity contribution in [3.63, 3.8) is 0 Å². The standard InChI is InChI=1S/C20H25N7O.ClH/c1-13-9-14(2)11-15(10-13)24-20-23-6-5-16(25-20)17-12-18(27(4)26-17)19(28)22-8-7-21-3;/h5-6,9-12,21H,7-8H2,1-4H3,(H,22,28)(H,23,24,25);1H. The number of benzene rings is 1. The normalized spacial score (nSPS) is 10.3. The number of carbonyl (C=O) groups excluding carboxylic acids is 1. The number of nitrogens with zero attached hydrogens (tertiary/aromatic N) is 4. The van der Waals surface area contributed by atoms with Gasteiger partial charge in [0.25, 0.3) is 5.91 Å². The number of aromatic nitrogens is 4. The zero-order chi connectivity index (χ0) is 20.1. The second-order valence-corrected chi connectivity index (χ2v) is 6.66. The van der Waals surface area contributed by atoms with Crippen LogP contribution in [0.1, 0.15) is 21.6 Å². The van der Waals surface area contributed by atoms with Crippen molar-refractivity contribution in [1.29, 1.82) is 0 Å². The lowest BCUT2D eigenvalue weighted by molar-refractivity contribution is 0.0944. The third-order valence-electron chi connectivity index (χ3n) is 4.17. The highest BCUT2D eigenvalue weighted by Gasteiger charge is 2.15. The SMILES string of the molecule is CNCCNC(=O)c1cc(-c2ccnc(Nc3cc(C)cc(C)c3)n2)nn1C.Cl. The number of rotatable bonds is 7. The Bertz CT molecular complexity index is 966. The van der Waals surface area contributed by atoms with Crippen LogP contribution in [0.2, 0.25) is 0 Å². The Labute approximate surface area is 176 Å². The molecule has 0 atom stereocenters. The zero-order valence-electron chi connectivity index (χ0n) is 17.0. The second kappa shape index (κ2) is 9.99. The fraction of sp³-hybridized carbons (Fsp3) is 0.300. The van der Waals surface area contributed by atoms with E-state index >= 15 is 0 Å². The first-order valence-corrected chi connectivity index (χ1v) is 9.12. The van der Waals surface area contributed by atoms with E-state index in [1.807, 2.05) is 33.0 Å². The van der Waals surface area contributed by atoms with Crippen molar-refractivity contribution < 1.29 is 4.79 Å². The van der Waals surface area contributed by atoms with E-state index in [0.29, 0.717) is 36.1 Å². The van der Waals surface area contributed by atoms with Crippen LogP contribution in [-0.4, -0.2) is 45.8 Å². The molecule has 0 fully saturated rings. The molecule has 0 bridgehead atoms. The van der Waals surface area contributed by atoms with Gasteiger partial charge >= 0.3 is 0 Å². The van der Waals surface area contributed by atoms with E-state index in [1.54, 1.807) is 30.1 Å². The van der Waals surface area contributed by atoms with Gasteiger partial charge in [-0.15, -0.1) is 12.4 Å². The molecule has 2 heterocycles. The van der Waals surface area contributed by atoms with Gasteiger partial charge in [-0.25, -0.2) is 9.97 Å². The van der Waals surface area contributed by atoms with Crippen LogP contribution in [0.3, 0.4) is 0 Å². The monoisotopic (exact) mass is 415 g/mol. The number of anilines is 2. The van der Waals surface area contributed by atoms with E-state index in [-0.39, 0.29) is 18.3 Å². The fourth-order valence-electron chi connectivity index (χ4n) is 2.93. The predicted molar refractivity (Wildman–Crippen MR) is 117 cm³/mol. The molecule has 0 aliphatic carbocycles. The molecule has 9 heteroatoms. The molecule has 0 spiro atoms. The third-order valence-corrected chi connectivity index (χ3v) is 4.17. The summed E-state index contributed by atoms with van der Waals surface area (Å²) in [5.41, 5.74) is 5.00. The third kappa shape index (κ3) is 5.75. The minimum Gasteiger partial charge on any atom is -0.349 e. The van der Waals surface area contributed by atoms with Crippen LogP contribution in [0, 0.1) is 13.8 Å². The number of hydrogen-bond donors (Lipinski definition) is 3. The van der Waals surface area contributed by atoms with Crippen LogP contribution < -0.4 is 16.0 Å².